The maximum absolute atomic E-state index is 12.6. The number of carbonyl (C=O) groups is 1. The first-order chi connectivity index (χ1) is 12.6. The zero-order valence-electron chi connectivity index (χ0n) is 15.1. The van der Waals surface area contributed by atoms with Gasteiger partial charge in [0.05, 0.1) is 12.5 Å². The van der Waals surface area contributed by atoms with E-state index in [-0.39, 0.29) is 11.8 Å². The van der Waals surface area contributed by atoms with E-state index < -0.39 is 0 Å². The first-order valence-corrected chi connectivity index (χ1v) is 9.00. The van der Waals surface area contributed by atoms with Crippen LogP contribution in [-0.2, 0) is 11.3 Å². The molecule has 3 aromatic rings. The summed E-state index contributed by atoms with van der Waals surface area (Å²) < 4.78 is 7.56. The molecule has 1 aliphatic heterocycles. The predicted octanol–water partition coefficient (Wildman–Crippen LogP) is 2.47. The zero-order chi connectivity index (χ0) is 18.1. The lowest BCUT2D eigenvalue weighted by atomic mass is 9.97. The highest BCUT2D eigenvalue weighted by atomic mass is 16.3. The van der Waals surface area contributed by atoms with E-state index in [1.807, 2.05) is 48.6 Å². The number of aryl methyl sites for hydroxylation is 2. The third kappa shape index (κ3) is 3.16. The van der Waals surface area contributed by atoms with Gasteiger partial charge in [0.15, 0.2) is 5.65 Å². The summed E-state index contributed by atoms with van der Waals surface area (Å²) in [5, 5.41) is 11.6. The number of anilines is 1. The molecule has 1 saturated heterocycles. The van der Waals surface area contributed by atoms with Gasteiger partial charge in [0, 0.05) is 18.8 Å². The molecule has 1 aliphatic rings. The molecule has 4 rings (SSSR count). The van der Waals surface area contributed by atoms with E-state index in [1.54, 1.807) is 0 Å². The standard InChI is InChI=1S/C19H23N5O2/c1-13-5-3-7-17-21-22-19(24(13)17)23-10-4-6-15(12-23)18(25)20-11-16-9-8-14(2)26-16/h3,5,7-9,15H,4,6,10-12H2,1-2H3,(H,20,25)/t15-/m0/s1. The topological polar surface area (TPSA) is 75.7 Å². The zero-order valence-corrected chi connectivity index (χ0v) is 15.1. The Morgan fingerprint density at radius 3 is 2.96 bits per heavy atom. The van der Waals surface area contributed by atoms with Gasteiger partial charge in [-0.05, 0) is 51.0 Å². The van der Waals surface area contributed by atoms with Crippen LogP contribution in [0.2, 0.25) is 0 Å². The van der Waals surface area contributed by atoms with Crippen LogP contribution < -0.4 is 10.2 Å². The van der Waals surface area contributed by atoms with Gasteiger partial charge in [0.25, 0.3) is 0 Å². The molecule has 0 spiro atoms. The summed E-state index contributed by atoms with van der Waals surface area (Å²) >= 11 is 0. The van der Waals surface area contributed by atoms with E-state index in [4.69, 9.17) is 4.42 Å². The fourth-order valence-corrected chi connectivity index (χ4v) is 3.56. The lowest BCUT2D eigenvalue weighted by molar-refractivity contribution is -0.125. The Morgan fingerprint density at radius 2 is 2.15 bits per heavy atom. The Labute approximate surface area is 152 Å². The number of rotatable bonds is 4. The van der Waals surface area contributed by atoms with E-state index in [0.717, 1.165) is 48.2 Å². The van der Waals surface area contributed by atoms with Crippen molar-refractivity contribution >= 4 is 17.5 Å². The van der Waals surface area contributed by atoms with Gasteiger partial charge in [-0.25, -0.2) is 0 Å². The summed E-state index contributed by atoms with van der Waals surface area (Å²) in [6.45, 7) is 5.90. The molecule has 0 saturated carbocycles. The van der Waals surface area contributed by atoms with Gasteiger partial charge >= 0.3 is 0 Å². The molecule has 0 radical (unpaired) electrons. The summed E-state index contributed by atoms with van der Waals surface area (Å²) in [5.74, 6) is 2.46. The van der Waals surface area contributed by atoms with E-state index in [2.05, 4.69) is 20.4 Å². The third-order valence-corrected chi connectivity index (χ3v) is 4.91. The van der Waals surface area contributed by atoms with Crippen LogP contribution in [0.5, 0.6) is 0 Å². The number of hydrogen-bond donors (Lipinski definition) is 1. The van der Waals surface area contributed by atoms with Gasteiger partial charge in [-0.2, -0.15) is 0 Å². The van der Waals surface area contributed by atoms with Crippen molar-refractivity contribution < 1.29 is 9.21 Å². The van der Waals surface area contributed by atoms with Crippen LogP contribution in [0.1, 0.15) is 30.1 Å². The fourth-order valence-electron chi connectivity index (χ4n) is 3.56. The summed E-state index contributed by atoms with van der Waals surface area (Å²) in [6.07, 6.45) is 1.84. The number of hydrogen-bond acceptors (Lipinski definition) is 5. The van der Waals surface area contributed by atoms with Crippen molar-refractivity contribution in [3.63, 3.8) is 0 Å². The van der Waals surface area contributed by atoms with Crippen LogP contribution >= 0.6 is 0 Å². The molecule has 0 aromatic carbocycles. The number of nitrogens with zero attached hydrogens (tertiary/aromatic N) is 4. The minimum Gasteiger partial charge on any atom is -0.465 e. The second kappa shape index (κ2) is 6.82. The Hall–Kier alpha value is -2.83. The summed E-state index contributed by atoms with van der Waals surface area (Å²) in [6, 6.07) is 9.77. The molecule has 1 atom stereocenters. The van der Waals surface area contributed by atoms with Crippen molar-refractivity contribution in [2.24, 2.45) is 5.92 Å². The first kappa shape index (κ1) is 16.6. The SMILES string of the molecule is Cc1ccc(CNC(=O)[C@H]2CCCN(c3nnc4cccc(C)n34)C2)o1. The molecule has 0 aliphatic carbocycles. The lowest BCUT2D eigenvalue weighted by Gasteiger charge is -2.32. The van der Waals surface area contributed by atoms with Crippen molar-refractivity contribution in [2.45, 2.75) is 33.2 Å². The molecule has 26 heavy (non-hydrogen) atoms. The van der Waals surface area contributed by atoms with Gasteiger partial charge < -0.3 is 14.6 Å². The third-order valence-electron chi connectivity index (χ3n) is 4.91. The minimum atomic E-state index is -0.0591. The number of pyridine rings is 1. The Balaban J connectivity index is 1.46. The lowest BCUT2D eigenvalue weighted by Crippen LogP contribution is -2.43. The maximum atomic E-state index is 12.6. The van der Waals surface area contributed by atoms with Crippen molar-refractivity contribution in [1.82, 2.24) is 19.9 Å². The van der Waals surface area contributed by atoms with Crippen molar-refractivity contribution in [3.05, 3.63) is 47.5 Å². The maximum Gasteiger partial charge on any atom is 0.231 e. The van der Waals surface area contributed by atoms with Crippen LogP contribution in [0.15, 0.2) is 34.7 Å². The van der Waals surface area contributed by atoms with Crippen LogP contribution in [0.3, 0.4) is 0 Å². The second-order valence-corrected chi connectivity index (χ2v) is 6.88. The molecule has 3 aromatic heterocycles. The summed E-state index contributed by atoms with van der Waals surface area (Å²) in [7, 11) is 0. The smallest absolute Gasteiger partial charge is 0.231 e. The van der Waals surface area contributed by atoms with E-state index in [1.165, 1.54) is 0 Å². The Kier molecular flexibility index (Phi) is 4.36. The molecule has 7 heteroatoms. The molecule has 136 valence electrons. The number of carbonyl (C=O) groups excluding carboxylic acids is 1. The molecule has 1 amide bonds. The van der Waals surface area contributed by atoms with Crippen molar-refractivity contribution in [3.8, 4) is 0 Å². The largest absolute Gasteiger partial charge is 0.465 e. The number of amides is 1. The van der Waals surface area contributed by atoms with Crippen molar-refractivity contribution in [2.75, 3.05) is 18.0 Å². The van der Waals surface area contributed by atoms with Gasteiger partial charge in [-0.1, -0.05) is 6.07 Å². The van der Waals surface area contributed by atoms with E-state index in [9.17, 15) is 4.79 Å². The van der Waals surface area contributed by atoms with Crippen LogP contribution in [-0.4, -0.2) is 33.6 Å². The second-order valence-electron chi connectivity index (χ2n) is 6.88. The normalized spacial score (nSPS) is 17.6. The monoisotopic (exact) mass is 353 g/mol. The fraction of sp³-hybridized carbons (Fsp3) is 0.421. The summed E-state index contributed by atoms with van der Waals surface area (Å²) in [5.41, 5.74) is 1.92. The molecular formula is C19H23N5O2. The van der Waals surface area contributed by atoms with Gasteiger partial charge in [-0.15, -0.1) is 10.2 Å². The van der Waals surface area contributed by atoms with E-state index in [0.29, 0.717) is 13.1 Å². The minimum absolute atomic E-state index is 0.0591. The highest BCUT2D eigenvalue weighted by Gasteiger charge is 2.28. The van der Waals surface area contributed by atoms with Gasteiger partial charge in [0.1, 0.15) is 11.5 Å². The molecular weight excluding hydrogens is 330 g/mol. The average Bonchev–Trinajstić information content (AvgIpc) is 3.27. The molecule has 1 fully saturated rings. The predicted molar refractivity (Wildman–Crippen MR) is 98.0 cm³/mol. The number of furan rings is 1. The number of aromatic nitrogens is 3. The van der Waals surface area contributed by atoms with Gasteiger partial charge in [-0.3, -0.25) is 9.20 Å². The van der Waals surface area contributed by atoms with Crippen LogP contribution in [0, 0.1) is 19.8 Å². The molecule has 0 bridgehead atoms. The Morgan fingerprint density at radius 1 is 1.27 bits per heavy atom. The van der Waals surface area contributed by atoms with Crippen LogP contribution in [0.4, 0.5) is 5.95 Å². The van der Waals surface area contributed by atoms with Crippen molar-refractivity contribution in [1.29, 1.82) is 0 Å². The molecule has 0 unspecified atom stereocenters. The summed E-state index contributed by atoms with van der Waals surface area (Å²) in [4.78, 5) is 14.8. The van der Waals surface area contributed by atoms with Gasteiger partial charge in [0.2, 0.25) is 11.9 Å². The quantitative estimate of drug-likeness (QED) is 0.780. The molecule has 1 N–H and O–H groups in total. The number of nitrogens with one attached hydrogen (secondary N) is 1. The number of fused-ring (bicyclic) bond motifs is 1. The Bertz CT molecular complexity index is 929. The van der Waals surface area contributed by atoms with E-state index >= 15 is 0 Å². The highest BCUT2D eigenvalue weighted by molar-refractivity contribution is 5.79. The molecule has 7 nitrogen and oxygen atoms in total. The number of piperidine rings is 1. The molecule has 4 heterocycles. The first-order valence-electron chi connectivity index (χ1n) is 9.00. The van der Waals surface area contributed by atoms with Crippen LogP contribution in [0.25, 0.3) is 5.65 Å². The average molecular weight is 353 g/mol. The highest BCUT2D eigenvalue weighted by Crippen LogP contribution is 2.23.